The van der Waals surface area contributed by atoms with Gasteiger partial charge in [0, 0.05) is 24.4 Å². The number of fused-ring (bicyclic) bond motifs is 2. The predicted octanol–water partition coefficient (Wildman–Crippen LogP) is 4.01. The molecule has 2 aromatic carbocycles. The van der Waals surface area contributed by atoms with E-state index in [4.69, 9.17) is 9.47 Å². The molecule has 3 aromatic rings. The summed E-state index contributed by atoms with van der Waals surface area (Å²) in [6, 6.07) is 11.7. The summed E-state index contributed by atoms with van der Waals surface area (Å²) >= 11 is 1.43. The van der Waals surface area contributed by atoms with Crippen LogP contribution >= 0.6 is 11.3 Å². The van der Waals surface area contributed by atoms with Crippen LogP contribution in [0, 0.1) is 0 Å². The Morgan fingerprint density at radius 3 is 2.97 bits per heavy atom. The molecule has 2 aliphatic heterocycles. The Labute approximate surface area is 190 Å². The fraction of sp³-hybridized carbons (Fsp3) is 0.375. The first-order chi connectivity index (χ1) is 15.6. The zero-order chi connectivity index (χ0) is 22.1. The van der Waals surface area contributed by atoms with E-state index in [1.807, 2.05) is 48.2 Å². The van der Waals surface area contributed by atoms with Gasteiger partial charge in [0.2, 0.25) is 0 Å². The zero-order valence-corrected chi connectivity index (χ0v) is 18.7. The highest BCUT2D eigenvalue weighted by molar-refractivity contribution is 7.15. The number of hydrogen-bond acceptors (Lipinski definition) is 6. The second-order valence-corrected chi connectivity index (χ2v) is 9.03. The van der Waals surface area contributed by atoms with Crippen LogP contribution in [0.4, 0.5) is 5.13 Å². The number of nitrogens with one attached hydrogen (secondary N) is 1. The number of thiazole rings is 1. The third-order valence-corrected chi connectivity index (χ3v) is 6.87. The first-order valence-corrected chi connectivity index (χ1v) is 11.8. The molecule has 0 radical (unpaired) electrons. The van der Waals surface area contributed by atoms with E-state index < -0.39 is 6.10 Å². The molecule has 3 heterocycles. The lowest BCUT2D eigenvalue weighted by Gasteiger charge is -2.27. The molecule has 0 aliphatic carbocycles. The summed E-state index contributed by atoms with van der Waals surface area (Å²) in [7, 11) is 0. The molecule has 7 nitrogen and oxygen atoms in total. The third kappa shape index (κ3) is 3.96. The Morgan fingerprint density at radius 1 is 1.28 bits per heavy atom. The maximum atomic E-state index is 13.6. The van der Waals surface area contributed by atoms with Gasteiger partial charge in [0.05, 0.1) is 24.4 Å². The first kappa shape index (κ1) is 20.9. The number of rotatable bonds is 5. The minimum atomic E-state index is -0.391. The standard InChI is InChI=1S/C24H25N3O4S/c1-2-30-18-10-9-15-6-3-4-7-16(15)21(18)23(29)27-12-11-17-20(14-27)32-24(25-17)26-22(28)19-8-5-13-31-19/h3-4,6-7,9-10,19H,2,5,8,11-14H2,1H3,(H,25,26,28). The number of hydrogen-bond donors (Lipinski definition) is 1. The molecule has 0 bridgehead atoms. The van der Waals surface area contributed by atoms with Crippen LogP contribution in [0.2, 0.25) is 0 Å². The average Bonchev–Trinajstić information content (AvgIpc) is 3.48. The smallest absolute Gasteiger partial charge is 0.258 e. The maximum absolute atomic E-state index is 13.6. The van der Waals surface area contributed by atoms with Gasteiger partial charge in [-0.15, -0.1) is 0 Å². The van der Waals surface area contributed by atoms with Crippen molar-refractivity contribution in [1.82, 2.24) is 9.88 Å². The molecule has 8 heteroatoms. The molecule has 1 N–H and O–H groups in total. The number of amides is 2. The fourth-order valence-electron chi connectivity index (χ4n) is 4.30. The van der Waals surface area contributed by atoms with Crippen LogP contribution in [0.5, 0.6) is 5.75 Å². The van der Waals surface area contributed by atoms with Gasteiger partial charge in [0.1, 0.15) is 11.9 Å². The molecule has 2 aliphatic rings. The van der Waals surface area contributed by atoms with Crippen molar-refractivity contribution in [3.63, 3.8) is 0 Å². The summed E-state index contributed by atoms with van der Waals surface area (Å²) in [6.07, 6.45) is 1.91. The van der Waals surface area contributed by atoms with Gasteiger partial charge < -0.3 is 14.4 Å². The number of aromatic nitrogens is 1. The molecule has 1 fully saturated rings. The average molecular weight is 452 g/mol. The first-order valence-electron chi connectivity index (χ1n) is 11.0. The number of nitrogens with zero attached hydrogens (tertiary/aromatic N) is 2. The van der Waals surface area contributed by atoms with Crippen molar-refractivity contribution in [2.75, 3.05) is 25.1 Å². The Balaban J connectivity index is 1.38. The van der Waals surface area contributed by atoms with Crippen molar-refractivity contribution < 1.29 is 19.1 Å². The van der Waals surface area contributed by atoms with E-state index in [-0.39, 0.29) is 11.8 Å². The minimum Gasteiger partial charge on any atom is -0.493 e. The summed E-state index contributed by atoms with van der Waals surface area (Å²) in [5.74, 6) is 0.420. The van der Waals surface area contributed by atoms with E-state index in [0.29, 0.717) is 49.2 Å². The molecule has 1 unspecified atom stereocenters. The van der Waals surface area contributed by atoms with Crippen molar-refractivity contribution >= 4 is 39.1 Å². The molecular weight excluding hydrogens is 426 g/mol. The monoisotopic (exact) mass is 451 g/mol. The van der Waals surface area contributed by atoms with Gasteiger partial charge in [-0.2, -0.15) is 0 Å². The minimum absolute atomic E-state index is 0.0470. The van der Waals surface area contributed by atoms with Gasteiger partial charge >= 0.3 is 0 Å². The predicted molar refractivity (Wildman–Crippen MR) is 123 cm³/mol. The van der Waals surface area contributed by atoms with Crippen molar-refractivity contribution in [1.29, 1.82) is 0 Å². The van der Waals surface area contributed by atoms with Crippen LogP contribution in [0.1, 0.15) is 40.7 Å². The van der Waals surface area contributed by atoms with Crippen LogP contribution in [0.25, 0.3) is 10.8 Å². The number of ether oxygens (including phenoxy) is 2. The Kier molecular flexibility index (Phi) is 5.80. The lowest BCUT2D eigenvalue weighted by atomic mass is 10.0. The van der Waals surface area contributed by atoms with Crippen LogP contribution in [-0.4, -0.2) is 47.6 Å². The normalized spacial score (nSPS) is 17.9. The summed E-state index contributed by atoms with van der Waals surface area (Å²) < 4.78 is 11.3. The Morgan fingerprint density at radius 2 is 2.16 bits per heavy atom. The van der Waals surface area contributed by atoms with Gasteiger partial charge in [-0.3, -0.25) is 14.9 Å². The van der Waals surface area contributed by atoms with E-state index in [0.717, 1.165) is 34.2 Å². The number of anilines is 1. The molecule has 1 atom stereocenters. The zero-order valence-electron chi connectivity index (χ0n) is 17.9. The topological polar surface area (TPSA) is 80.8 Å². The van der Waals surface area contributed by atoms with E-state index in [1.54, 1.807) is 0 Å². The summed E-state index contributed by atoms with van der Waals surface area (Å²) in [5.41, 5.74) is 1.55. The van der Waals surface area contributed by atoms with Gasteiger partial charge in [-0.1, -0.05) is 41.7 Å². The van der Waals surface area contributed by atoms with Gasteiger partial charge in [-0.25, -0.2) is 4.98 Å². The van der Waals surface area contributed by atoms with E-state index >= 15 is 0 Å². The summed E-state index contributed by atoms with van der Waals surface area (Å²) in [4.78, 5) is 33.4. The van der Waals surface area contributed by atoms with Crippen molar-refractivity contribution in [2.24, 2.45) is 0 Å². The quantitative estimate of drug-likeness (QED) is 0.634. The maximum Gasteiger partial charge on any atom is 0.258 e. The van der Waals surface area contributed by atoms with Crippen molar-refractivity contribution in [2.45, 2.75) is 38.8 Å². The third-order valence-electron chi connectivity index (χ3n) is 5.88. The second kappa shape index (κ2) is 8.88. The highest BCUT2D eigenvalue weighted by Gasteiger charge is 2.29. The SMILES string of the molecule is CCOc1ccc2ccccc2c1C(=O)N1CCc2nc(NC(=O)C3CCCO3)sc2C1. The highest BCUT2D eigenvalue weighted by Crippen LogP contribution is 2.33. The molecule has 166 valence electrons. The molecule has 2 amide bonds. The molecule has 1 saturated heterocycles. The summed E-state index contributed by atoms with van der Waals surface area (Å²) in [6.45, 7) is 4.08. The van der Waals surface area contributed by atoms with Gasteiger partial charge in [0.25, 0.3) is 11.8 Å². The molecule has 32 heavy (non-hydrogen) atoms. The van der Waals surface area contributed by atoms with Gasteiger partial charge in [0.15, 0.2) is 5.13 Å². The molecule has 1 aromatic heterocycles. The number of benzene rings is 2. The van der Waals surface area contributed by atoms with E-state index in [9.17, 15) is 9.59 Å². The Hall–Kier alpha value is -2.97. The van der Waals surface area contributed by atoms with Gasteiger partial charge in [-0.05, 0) is 36.6 Å². The molecule has 0 saturated carbocycles. The molecular formula is C24H25N3O4S. The number of carbonyl (C=O) groups excluding carboxylic acids is 2. The lowest BCUT2D eigenvalue weighted by molar-refractivity contribution is -0.124. The van der Waals surface area contributed by atoms with Crippen LogP contribution in [-0.2, 0) is 22.5 Å². The van der Waals surface area contributed by atoms with E-state index in [1.165, 1.54) is 11.3 Å². The highest BCUT2D eigenvalue weighted by atomic mass is 32.1. The van der Waals surface area contributed by atoms with Crippen molar-refractivity contribution in [3.8, 4) is 5.75 Å². The van der Waals surface area contributed by atoms with E-state index in [2.05, 4.69) is 10.3 Å². The molecule has 0 spiro atoms. The fourth-order valence-corrected chi connectivity index (χ4v) is 5.33. The molecule has 5 rings (SSSR count). The Bertz CT molecular complexity index is 1170. The second-order valence-electron chi connectivity index (χ2n) is 7.95. The van der Waals surface area contributed by atoms with Crippen LogP contribution in [0.15, 0.2) is 36.4 Å². The van der Waals surface area contributed by atoms with Crippen molar-refractivity contribution in [3.05, 3.63) is 52.5 Å². The number of carbonyl (C=O) groups is 2. The largest absolute Gasteiger partial charge is 0.493 e. The lowest BCUT2D eigenvalue weighted by Crippen LogP contribution is -2.35. The van der Waals surface area contributed by atoms with Crippen LogP contribution < -0.4 is 10.1 Å². The summed E-state index contributed by atoms with van der Waals surface area (Å²) in [5, 5.41) is 5.36. The van der Waals surface area contributed by atoms with Crippen LogP contribution in [0.3, 0.4) is 0 Å².